The molecule has 1 unspecified atom stereocenters. The molecule has 0 amide bonds. The molecule has 0 aliphatic carbocycles. The quantitative estimate of drug-likeness (QED) is 0.758. The first-order valence-electron chi connectivity index (χ1n) is 5.94. The Morgan fingerprint density at radius 2 is 1.80 bits per heavy atom. The lowest BCUT2D eigenvalue weighted by Crippen LogP contribution is -2.85. The van der Waals surface area contributed by atoms with Crippen LogP contribution in [0.5, 0.6) is 0 Å². The zero-order valence-corrected chi connectivity index (χ0v) is 10.2. The van der Waals surface area contributed by atoms with Crippen LogP contribution in [0.15, 0.2) is 30.3 Å². The first-order valence-corrected chi connectivity index (χ1v) is 5.94. The maximum atomic E-state index is 5.81. The van der Waals surface area contributed by atoms with Crippen LogP contribution in [0.1, 0.15) is 32.8 Å². The van der Waals surface area contributed by atoms with Crippen molar-refractivity contribution in [3.63, 3.8) is 0 Å². The van der Waals surface area contributed by atoms with E-state index in [9.17, 15) is 0 Å². The topological polar surface area (TPSA) is 42.6 Å². The third-order valence-corrected chi connectivity index (χ3v) is 2.22. The molecule has 0 spiro atoms. The van der Waals surface area contributed by atoms with Crippen LogP contribution in [0.25, 0.3) is 0 Å². The summed E-state index contributed by atoms with van der Waals surface area (Å²) in [4.78, 5) is 0. The van der Waals surface area contributed by atoms with Gasteiger partial charge in [0.25, 0.3) is 0 Å². The molecule has 0 fully saturated rings. The van der Waals surface area contributed by atoms with Crippen LogP contribution < -0.4 is 11.1 Å². The van der Waals surface area contributed by atoms with Crippen molar-refractivity contribution in [3.05, 3.63) is 35.9 Å². The molecule has 15 heavy (non-hydrogen) atoms. The van der Waals surface area contributed by atoms with Crippen molar-refractivity contribution in [2.45, 2.75) is 39.8 Å². The Hall–Kier alpha value is -0.860. The maximum absolute atomic E-state index is 5.81. The second-order valence-corrected chi connectivity index (χ2v) is 3.38. The second-order valence-electron chi connectivity index (χ2n) is 3.38. The smallest absolute Gasteiger partial charge is 0.101 e. The first kappa shape index (κ1) is 14.1. The molecule has 0 aliphatic rings. The first-order chi connectivity index (χ1) is 7.33. The minimum Gasteiger partial charge on any atom is -0.341 e. The van der Waals surface area contributed by atoms with Crippen LogP contribution in [0.2, 0.25) is 0 Å². The summed E-state index contributed by atoms with van der Waals surface area (Å²) in [7, 11) is 0. The van der Waals surface area contributed by atoms with Crippen molar-refractivity contribution in [3.8, 4) is 0 Å². The minimum atomic E-state index is 0.337. The molecule has 0 heterocycles. The van der Waals surface area contributed by atoms with Gasteiger partial charge in [0.15, 0.2) is 0 Å². The number of hydrogen-bond donors (Lipinski definition) is 2. The molecule has 86 valence electrons. The van der Waals surface area contributed by atoms with Gasteiger partial charge in [-0.3, -0.25) is 0 Å². The average molecular weight is 209 g/mol. The number of benzene rings is 1. The summed E-state index contributed by atoms with van der Waals surface area (Å²) in [6.45, 7) is 8.18. The molecule has 2 nitrogen and oxygen atoms in total. The Kier molecular flexibility index (Phi) is 9.13. The SMILES string of the molecule is CC.CCC(N)C[NH2+]Cc1ccccc1. The number of quaternary nitrogens is 1. The highest BCUT2D eigenvalue weighted by Gasteiger charge is 2.00. The lowest BCUT2D eigenvalue weighted by molar-refractivity contribution is -0.672. The van der Waals surface area contributed by atoms with Crippen molar-refractivity contribution in [1.82, 2.24) is 0 Å². The van der Waals surface area contributed by atoms with E-state index in [0.717, 1.165) is 19.5 Å². The van der Waals surface area contributed by atoms with Crippen LogP contribution >= 0.6 is 0 Å². The van der Waals surface area contributed by atoms with E-state index in [1.165, 1.54) is 5.56 Å². The Balaban J connectivity index is 0.000000921. The third-order valence-electron chi connectivity index (χ3n) is 2.22. The van der Waals surface area contributed by atoms with Gasteiger partial charge in [-0.05, 0) is 6.42 Å². The van der Waals surface area contributed by atoms with E-state index >= 15 is 0 Å². The van der Waals surface area contributed by atoms with Gasteiger partial charge in [0.1, 0.15) is 6.54 Å². The highest BCUT2D eigenvalue weighted by atomic mass is 14.9. The predicted molar refractivity (Wildman–Crippen MR) is 66.6 cm³/mol. The van der Waals surface area contributed by atoms with E-state index in [1.54, 1.807) is 0 Å². The summed E-state index contributed by atoms with van der Waals surface area (Å²) in [6, 6.07) is 10.8. The van der Waals surface area contributed by atoms with Gasteiger partial charge in [-0.2, -0.15) is 0 Å². The van der Waals surface area contributed by atoms with Crippen molar-refractivity contribution in [2.24, 2.45) is 5.73 Å². The fraction of sp³-hybridized carbons (Fsp3) is 0.538. The Labute approximate surface area is 93.9 Å². The number of rotatable bonds is 5. The molecule has 4 N–H and O–H groups in total. The lowest BCUT2D eigenvalue weighted by atomic mass is 10.2. The van der Waals surface area contributed by atoms with E-state index < -0.39 is 0 Å². The largest absolute Gasteiger partial charge is 0.341 e. The molecule has 1 rings (SSSR count). The summed E-state index contributed by atoms with van der Waals surface area (Å²) >= 11 is 0. The Morgan fingerprint density at radius 3 is 2.33 bits per heavy atom. The van der Waals surface area contributed by atoms with Crippen LogP contribution in [-0.2, 0) is 6.54 Å². The van der Waals surface area contributed by atoms with Gasteiger partial charge in [0, 0.05) is 5.56 Å². The Morgan fingerprint density at radius 1 is 1.20 bits per heavy atom. The number of hydrogen-bond acceptors (Lipinski definition) is 1. The summed E-state index contributed by atoms with van der Waals surface area (Å²) in [5, 5.41) is 2.27. The predicted octanol–water partition coefficient (Wildman–Crippen LogP) is 1.51. The fourth-order valence-corrected chi connectivity index (χ4v) is 1.24. The molecule has 1 atom stereocenters. The summed E-state index contributed by atoms with van der Waals surface area (Å²) < 4.78 is 0. The van der Waals surface area contributed by atoms with Crippen LogP contribution in [0.4, 0.5) is 0 Å². The van der Waals surface area contributed by atoms with E-state index in [-0.39, 0.29) is 0 Å². The molecule has 0 saturated heterocycles. The van der Waals surface area contributed by atoms with Crippen molar-refractivity contribution in [1.29, 1.82) is 0 Å². The van der Waals surface area contributed by atoms with Crippen molar-refractivity contribution in [2.75, 3.05) is 6.54 Å². The summed E-state index contributed by atoms with van der Waals surface area (Å²) in [5.41, 5.74) is 7.17. The molecular formula is C13H25N2+. The van der Waals surface area contributed by atoms with Gasteiger partial charge in [-0.25, -0.2) is 0 Å². The molecule has 1 aromatic rings. The van der Waals surface area contributed by atoms with Gasteiger partial charge < -0.3 is 11.1 Å². The van der Waals surface area contributed by atoms with E-state index in [2.05, 4.69) is 36.5 Å². The lowest BCUT2D eigenvalue weighted by Gasteiger charge is -2.06. The third kappa shape index (κ3) is 7.11. The molecule has 1 aromatic carbocycles. The van der Waals surface area contributed by atoms with Gasteiger partial charge in [-0.1, -0.05) is 51.1 Å². The van der Waals surface area contributed by atoms with Gasteiger partial charge in [-0.15, -0.1) is 0 Å². The minimum absolute atomic E-state index is 0.337. The highest BCUT2D eigenvalue weighted by Crippen LogP contribution is 1.94. The zero-order chi connectivity index (χ0) is 11.5. The molecule has 0 radical (unpaired) electrons. The number of nitrogens with two attached hydrogens (primary N) is 2. The van der Waals surface area contributed by atoms with E-state index in [1.807, 2.05) is 19.9 Å². The molecule has 0 bridgehead atoms. The van der Waals surface area contributed by atoms with Crippen LogP contribution in [0, 0.1) is 0 Å². The highest BCUT2D eigenvalue weighted by molar-refractivity contribution is 5.12. The van der Waals surface area contributed by atoms with Crippen molar-refractivity contribution >= 4 is 0 Å². The molecular weight excluding hydrogens is 184 g/mol. The van der Waals surface area contributed by atoms with Gasteiger partial charge >= 0.3 is 0 Å². The van der Waals surface area contributed by atoms with Gasteiger partial charge in [0.05, 0.1) is 12.6 Å². The van der Waals surface area contributed by atoms with Crippen LogP contribution in [0.3, 0.4) is 0 Å². The normalized spacial score (nSPS) is 11.5. The second kappa shape index (κ2) is 9.69. The molecule has 0 aliphatic heterocycles. The van der Waals surface area contributed by atoms with E-state index in [0.29, 0.717) is 6.04 Å². The van der Waals surface area contributed by atoms with E-state index in [4.69, 9.17) is 5.73 Å². The Bertz CT molecular complexity index is 221. The molecule has 2 heteroatoms. The molecule has 0 saturated carbocycles. The summed E-state index contributed by atoms with van der Waals surface area (Å²) in [6.07, 6.45) is 1.06. The monoisotopic (exact) mass is 209 g/mol. The zero-order valence-electron chi connectivity index (χ0n) is 10.2. The standard InChI is InChI=1S/C11H18N2.C2H6/c1-2-11(12)9-13-8-10-6-4-3-5-7-10;1-2/h3-7,11,13H,2,8-9,12H2,1H3;1-2H3/p+1. The van der Waals surface area contributed by atoms with Crippen LogP contribution in [-0.4, -0.2) is 12.6 Å². The average Bonchev–Trinajstić information content (AvgIpc) is 2.33. The van der Waals surface area contributed by atoms with Gasteiger partial charge in [0.2, 0.25) is 0 Å². The summed E-state index contributed by atoms with van der Waals surface area (Å²) in [5.74, 6) is 0. The fourth-order valence-electron chi connectivity index (χ4n) is 1.24. The maximum Gasteiger partial charge on any atom is 0.101 e. The van der Waals surface area contributed by atoms with Crippen molar-refractivity contribution < 1.29 is 5.32 Å². The molecule has 0 aromatic heterocycles.